The van der Waals surface area contributed by atoms with E-state index in [2.05, 4.69) is 204 Å². The van der Waals surface area contributed by atoms with Gasteiger partial charge in [0.25, 0.3) is 0 Å². The van der Waals surface area contributed by atoms with Crippen LogP contribution in [0.1, 0.15) is 0 Å². The van der Waals surface area contributed by atoms with E-state index < -0.39 is 0 Å². The molecule has 0 bridgehead atoms. The summed E-state index contributed by atoms with van der Waals surface area (Å²) in [5, 5.41) is 9.62. The third-order valence-corrected chi connectivity index (χ3v) is 12.5. The molecule has 3 aromatic heterocycles. The molecular formula is C52H32N2OS. The largest absolute Gasteiger partial charge is 0.455 e. The Morgan fingerprint density at radius 2 is 1.07 bits per heavy atom. The van der Waals surface area contributed by atoms with Gasteiger partial charge in [0.1, 0.15) is 11.2 Å². The van der Waals surface area contributed by atoms with Crippen molar-refractivity contribution in [2.24, 2.45) is 0 Å². The predicted octanol–water partition coefficient (Wildman–Crippen LogP) is 15.3. The molecule has 0 amide bonds. The molecule has 12 aromatic rings. The van der Waals surface area contributed by atoms with E-state index >= 15 is 0 Å². The number of fused-ring (bicyclic) bond motifs is 11. The number of benzene rings is 9. The van der Waals surface area contributed by atoms with Crippen LogP contribution in [0.2, 0.25) is 0 Å². The van der Waals surface area contributed by atoms with Gasteiger partial charge in [-0.2, -0.15) is 0 Å². The Morgan fingerprint density at radius 1 is 0.429 bits per heavy atom. The van der Waals surface area contributed by atoms with Crippen molar-refractivity contribution < 1.29 is 4.42 Å². The van der Waals surface area contributed by atoms with Crippen LogP contribution in [0.4, 0.5) is 17.1 Å². The molecule has 3 nitrogen and oxygen atoms in total. The van der Waals surface area contributed by atoms with E-state index in [1.807, 2.05) is 11.3 Å². The molecule has 0 atom stereocenters. The summed E-state index contributed by atoms with van der Waals surface area (Å²) in [5.74, 6) is 0. The summed E-state index contributed by atoms with van der Waals surface area (Å²) in [6, 6.07) is 70.3. The molecule has 3 heterocycles. The smallest absolute Gasteiger partial charge is 0.143 e. The zero-order valence-electron chi connectivity index (χ0n) is 30.2. The van der Waals surface area contributed by atoms with Gasteiger partial charge in [-0.05, 0) is 77.7 Å². The molecule has 56 heavy (non-hydrogen) atoms. The molecule has 0 aliphatic heterocycles. The topological polar surface area (TPSA) is 21.3 Å². The molecule has 0 aliphatic rings. The Morgan fingerprint density at radius 3 is 1.93 bits per heavy atom. The lowest BCUT2D eigenvalue weighted by molar-refractivity contribution is 0.673. The normalized spacial score (nSPS) is 11.9. The quantitative estimate of drug-likeness (QED) is 0.176. The van der Waals surface area contributed by atoms with Crippen molar-refractivity contribution in [3.63, 3.8) is 0 Å². The van der Waals surface area contributed by atoms with Gasteiger partial charge < -0.3 is 13.9 Å². The highest BCUT2D eigenvalue weighted by Gasteiger charge is 2.22. The number of rotatable bonds is 5. The van der Waals surface area contributed by atoms with Gasteiger partial charge in [0, 0.05) is 69.7 Å². The lowest BCUT2D eigenvalue weighted by atomic mass is 9.96. The Bertz CT molecular complexity index is 3460. The monoisotopic (exact) mass is 732 g/mol. The predicted molar refractivity (Wildman–Crippen MR) is 239 cm³/mol. The summed E-state index contributed by atoms with van der Waals surface area (Å²) < 4.78 is 11.6. The second-order valence-corrected chi connectivity index (χ2v) is 15.5. The van der Waals surface area contributed by atoms with Crippen LogP contribution in [0, 0.1) is 0 Å². The van der Waals surface area contributed by atoms with Gasteiger partial charge in [0.05, 0.1) is 16.7 Å². The van der Waals surface area contributed by atoms with E-state index in [9.17, 15) is 0 Å². The molecule has 12 rings (SSSR count). The molecule has 0 N–H and O–H groups in total. The number of thiophene rings is 1. The minimum atomic E-state index is 0.885. The Hall–Kier alpha value is -7.14. The first kappa shape index (κ1) is 31.2. The van der Waals surface area contributed by atoms with Crippen LogP contribution in [0.25, 0.3) is 91.5 Å². The molecule has 0 unspecified atom stereocenters. The number of nitrogens with zero attached hydrogens (tertiary/aromatic N) is 2. The highest BCUT2D eigenvalue weighted by atomic mass is 32.1. The first-order valence-corrected chi connectivity index (χ1v) is 19.8. The maximum atomic E-state index is 6.69. The molecular weight excluding hydrogens is 701 g/mol. The fourth-order valence-electron chi connectivity index (χ4n) is 8.93. The summed E-state index contributed by atoms with van der Waals surface area (Å²) in [5.41, 5.74) is 10.8. The van der Waals surface area contributed by atoms with E-state index in [1.54, 1.807) is 0 Å². The maximum Gasteiger partial charge on any atom is 0.143 e. The molecule has 0 saturated heterocycles. The van der Waals surface area contributed by atoms with E-state index in [0.717, 1.165) is 61.2 Å². The summed E-state index contributed by atoms with van der Waals surface area (Å²) in [6.45, 7) is 0. The van der Waals surface area contributed by atoms with Gasteiger partial charge in [0.15, 0.2) is 0 Å². The molecule has 262 valence electrons. The number of hydrogen-bond donors (Lipinski definition) is 0. The van der Waals surface area contributed by atoms with Gasteiger partial charge >= 0.3 is 0 Å². The lowest BCUT2D eigenvalue weighted by Crippen LogP contribution is -2.11. The van der Waals surface area contributed by atoms with Crippen molar-refractivity contribution in [2.45, 2.75) is 0 Å². The van der Waals surface area contributed by atoms with Crippen LogP contribution in [0.5, 0.6) is 0 Å². The number of aromatic nitrogens is 1. The van der Waals surface area contributed by atoms with E-state index in [1.165, 1.54) is 47.4 Å². The molecule has 0 fully saturated rings. The average molecular weight is 733 g/mol. The minimum absolute atomic E-state index is 0.885. The molecule has 0 spiro atoms. The van der Waals surface area contributed by atoms with Crippen LogP contribution >= 0.6 is 11.3 Å². The van der Waals surface area contributed by atoms with Gasteiger partial charge in [0.2, 0.25) is 0 Å². The Kier molecular flexibility index (Phi) is 6.80. The van der Waals surface area contributed by atoms with Crippen molar-refractivity contribution in [2.75, 3.05) is 4.90 Å². The maximum absolute atomic E-state index is 6.69. The second-order valence-electron chi connectivity index (χ2n) is 14.5. The fraction of sp³-hybridized carbons (Fsp3) is 0. The Balaban J connectivity index is 1.12. The van der Waals surface area contributed by atoms with E-state index in [0.29, 0.717) is 0 Å². The third kappa shape index (κ3) is 4.63. The van der Waals surface area contributed by atoms with Crippen molar-refractivity contribution in [1.29, 1.82) is 0 Å². The lowest BCUT2D eigenvalue weighted by Gasteiger charge is -2.28. The van der Waals surface area contributed by atoms with Crippen LogP contribution in [0.15, 0.2) is 199 Å². The highest BCUT2D eigenvalue weighted by Crippen LogP contribution is 2.47. The summed E-state index contributed by atoms with van der Waals surface area (Å²) >= 11 is 1.85. The summed E-state index contributed by atoms with van der Waals surface area (Å²) in [6.07, 6.45) is 0. The first-order chi connectivity index (χ1) is 27.8. The first-order valence-electron chi connectivity index (χ1n) is 19.0. The number of anilines is 3. The van der Waals surface area contributed by atoms with Crippen molar-refractivity contribution in [3.05, 3.63) is 194 Å². The van der Waals surface area contributed by atoms with Gasteiger partial charge in [-0.1, -0.05) is 127 Å². The van der Waals surface area contributed by atoms with Crippen LogP contribution in [-0.2, 0) is 0 Å². The van der Waals surface area contributed by atoms with Gasteiger partial charge in [-0.25, -0.2) is 0 Å². The van der Waals surface area contributed by atoms with Crippen molar-refractivity contribution in [1.82, 2.24) is 4.57 Å². The zero-order valence-corrected chi connectivity index (χ0v) is 31.0. The molecule has 9 aromatic carbocycles. The zero-order chi connectivity index (χ0) is 36.7. The van der Waals surface area contributed by atoms with Crippen molar-refractivity contribution in [3.8, 4) is 16.8 Å². The van der Waals surface area contributed by atoms with Crippen LogP contribution in [-0.4, -0.2) is 4.57 Å². The van der Waals surface area contributed by atoms with Crippen molar-refractivity contribution >= 4 is 103 Å². The summed E-state index contributed by atoms with van der Waals surface area (Å²) in [7, 11) is 0. The fourth-order valence-corrected chi connectivity index (χ4v) is 10.1. The van der Waals surface area contributed by atoms with Gasteiger partial charge in [-0.3, -0.25) is 0 Å². The SMILES string of the molecule is c1cc(N(c2ccc3c(c2)sc2ccccc23)c2ccccc2-c2cccc3oc4c5ccccc5ccc4c23)cc(-n2c3ccccc3c3ccccc32)c1. The number of para-hydroxylation sites is 3. The second kappa shape index (κ2) is 12.2. The highest BCUT2D eigenvalue weighted by molar-refractivity contribution is 7.25. The molecule has 0 radical (unpaired) electrons. The molecule has 4 heteroatoms. The van der Waals surface area contributed by atoms with Crippen LogP contribution < -0.4 is 4.90 Å². The third-order valence-electron chi connectivity index (χ3n) is 11.4. The Labute approximate surface area is 326 Å². The number of furan rings is 1. The standard InChI is InChI=1S/C52H32N2OS/c1-2-16-37-33(13-1)27-29-44-51-43(21-12-25-48(51)55-52(37)44)40-19-5-7-22-45(40)53(36-28-30-42-41-20-6-10-26-49(41)56-50(42)32-36)34-14-11-15-35(31-34)54-46-23-8-3-17-38(46)39-18-4-9-24-47(39)54/h1-32H. The van der Waals surface area contributed by atoms with Gasteiger partial charge in [-0.15, -0.1) is 11.3 Å². The average Bonchev–Trinajstić information content (AvgIpc) is 3.94. The summed E-state index contributed by atoms with van der Waals surface area (Å²) in [4.78, 5) is 2.44. The molecule has 0 saturated carbocycles. The molecule has 0 aliphatic carbocycles. The van der Waals surface area contributed by atoms with Crippen LogP contribution in [0.3, 0.4) is 0 Å². The van der Waals surface area contributed by atoms with E-state index in [4.69, 9.17) is 4.42 Å². The van der Waals surface area contributed by atoms with E-state index in [-0.39, 0.29) is 0 Å². The number of hydrogen-bond acceptors (Lipinski definition) is 3. The minimum Gasteiger partial charge on any atom is -0.455 e.